The number of pyridine rings is 1. The lowest BCUT2D eigenvalue weighted by molar-refractivity contribution is -0.137. The molecule has 15 heteroatoms. The van der Waals surface area contributed by atoms with Gasteiger partial charge in [-0.25, -0.2) is 0 Å². The summed E-state index contributed by atoms with van der Waals surface area (Å²) in [5, 5.41) is 23.8. The summed E-state index contributed by atoms with van der Waals surface area (Å²) in [6.45, 7) is 0.527. The van der Waals surface area contributed by atoms with E-state index in [1.807, 2.05) is 0 Å². The lowest BCUT2D eigenvalue weighted by atomic mass is 10.0. The Morgan fingerprint density at radius 1 is 1.31 bits per heavy atom. The number of carboxylic acid groups (broad SMARTS) is 1. The van der Waals surface area contributed by atoms with Crippen LogP contribution in [0, 0.1) is 0 Å². The van der Waals surface area contributed by atoms with E-state index < -0.39 is 24.3 Å². The monoisotopic (exact) mass is 544 g/mol. The number of hydrogen-bond acceptors (Lipinski definition) is 8. The molecule has 0 aliphatic heterocycles. The fourth-order valence-corrected chi connectivity index (χ4v) is 3.12. The van der Waals surface area contributed by atoms with Gasteiger partial charge in [-0.15, -0.1) is 0 Å². The van der Waals surface area contributed by atoms with E-state index in [2.05, 4.69) is 20.6 Å². The number of phenolic OH excluding ortho intramolecular Hbond substituents is 1. The first kappa shape index (κ1) is 30.4. The number of carbonyl (C=O) groups excluding carboxylic acids is 2. The summed E-state index contributed by atoms with van der Waals surface area (Å²) in [5.74, 6) is -1.94. The second-order valence-corrected chi connectivity index (χ2v) is 7.77. The first-order valence-electron chi connectivity index (χ1n) is 10.1. The zero-order chi connectivity index (χ0) is 27.3. The minimum Gasteiger partial charge on any atom is -0.506 e. The van der Waals surface area contributed by atoms with Crippen molar-refractivity contribution in [3.63, 3.8) is 0 Å². The number of carbonyl (C=O) groups is 3. The van der Waals surface area contributed by atoms with E-state index in [9.17, 15) is 24.3 Å². The van der Waals surface area contributed by atoms with Crippen molar-refractivity contribution in [3.05, 3.63) is 55.9 Å². The Kier molecular flexibility index (Phi) is 13.0. The van der Waals surface area contributed by atoms with E-state index in [0.29, 0.717) is 25.0 Å². The number of phenols is 1. The van der Waals surface area contributed by atoms with Crippen LogP contribution in [0.25, 0.3) is 0 Å². The average molecular weight is 545 g/mol. The maximum absolute atomic E-state index is 11.4. The second-order valence-electron chi connectivity index (χ2n) is 6.93. The molecule has 0 saturated carbocycles. The molecular formula is C21H26Cl2N6O7. The summed E-state index contributed by atoms with van der Waals surface area (Å²) in [7, 11) is 1.55. The molecular weight excluding hydrogens is 519 g/mol. The highest BCUT2D eigenvalue weighted by Crippen LogP contribution is 2.36. The SMILES string of the molecule is COCCN=C(N)Nc1cc(C=O)c[nH]c1=O.NCC(=O)NC(CC(=O)O)c1cc(Cl)cc(Cl)c1O. The van der Waals surface area contributed by atoms with Crippen LogP contribution in [0.4, 0.5) is 5.69 Å². The topological polar surface area (TPSA) is 222 Å². The number of aromatic amines is 1. The number of nitrogens with two attached hydrogens (primary N) is 2. The van der Waals surface area contributed by atoms with Crippen molar-refractivity contribution in [1.29, 1.82) is 0 Å². The molecule has 2 aromatic rings. The fraction of sp³-hybridized carbons (Fsp3) is 0.286. The molecule has 0 spiro atoms. The van der Waals surface area contributed by atoms with Crippen LogP contribution in [-0.2, 0) is 14.3 Å². The van der Waals surface area contributed by atoms with Gasteiger partial charge in [-0.05, 0) is 18.2 Å². The second kappa shape index (κ2) is 15.4. The number of carboxylic acids is 1. The van der Waals surface area contributed by atoms with Gasteiger partial charge in [0.05, 0.1) is 37.2 Å². The molecule has 1 unspecified atom stereocenters. The van der Waals surface area contributed by atoms with Gasteiger partial charge in [-0.1, -0.05) is 23.2 Å². The van der Waals surface area contributed by atoms with E-state index in [0.717, 1.165) is 0 Å². The molecule has 0 fully saturated rings. The van der Waals surface area contributed by atoms with Crippen molar-refractivity contribution >= 4 is 53.0 Å². The number of methoxy groups -OCH3 is 1. The highest BCUT2D eigenvalue weighted by molar-refractivity contribution is 6.35. The smallest absolute Gasteiger partial charge is 0.305 e. The molecule has 1 atom stereocenters. The Hall–Kier alpha value is -3.65. The number of guanidine groups is 1. The van der Waals surface area contributed by atoms with Gasteiger partial charge in [0, 0.05) is 29.5 Å². The first-order valence-corrected chi connectivity index (χ1v) is 10.9. The third kappa shape index (κ3) is 10.3. The fourth-order valence-electron chi connectivity index (χ4n) is 2.61. The Morgan fingerprint density at radius 3 is 2.58 bits per heavy atom. The molecule has 1 aromatic carbocycles. The predicted molar refractivity (Wildman–Crippen MR) is 135 cm³/mol. The molecule has 0 bridgehead atoms. The number of aromatic nitrogens is 1. The highest BCUT2D eigenvalue weighted by atomic mass is 35.5. The maximum Gasteiger partial charge on any atom is 0.305 e. The summed E-state index contributed by atoms with van der Waals surface area (Å²) >= 11 is 11.5. The summed E-state index contributed by atoms with van der Waals surface area (Å²) in [5.41, 5.74) is 11.0. The number of ether oxygens (including phenoxy) is 1. The molecule has 9 N–H and O–H groups in total. The number of aldehydes is 1. The van der Waals surface area contributed by atoms with Crippen LogP contribution >= 0.6 is 23.2 Å². The zero-order valence-electron chi connectivity index (χ0n) is 19.1. The summed E-state index contributed by atoms with van der Waals surface area (Å²) in [4.78, 5) is 50.3. The van der Waals surface area contributed by atoms with Gasteiger partial charge >= 0.3 is 5.97 Å². The number of rotatable bonds is 10. The molecule has 2 rings (SSSR count). The lowest BCUT2D eigenvalue weighted by Gasteiger charge is -2.19. The van der Waals surface area contributed by atoms with Crippen LogP contribution in [0.15, 0.2) is 34.2 Å². The molecule has 13 nitrogen and oxygen atoms in total. The summed E-state index contributed by atoms with van der Waals surface area (Å²) < 4.78 is 4.80. The third-order valence-corrected chi connectivity index (χ3v) is 4.74. The molecule has 0 aliphatic carbocycles. The van der Waals surface area contributed by atoms with Crippen LogP contribution < -0.4 is 27.7 Å². The van der Waals surface area contributed by atoms with E-state index in [-0.39, 0.29) is 45.1 Å². The van der Waals surface area contributed by atoms with Gasteiger partial charge in [-0.2, -0.15) is 0 Å². The number of H-pyrrole nitrogens is 1. The van der Waals surface area contributed by atoms with E-state index in [4.69, 9.17) is 44.5 Å². The summed E-state index contributed by atoms with van der Waals surface area (Å²) in [6.07, 6.45) is 1.51. The predicted octanol–water partition coefficient (Wildman–Crippen LogP) is 0.850. The van der Waals surface area contributed by atoms with Gasteiger partial charge in [-0.3, -0.25) is 24.2 Å². The molecule has 0 radical (unpaired) electrons. The Labute approximate surface area is 215 Å². The van der Waals surface area contributed by atoms with Crippen molar-refractivity contribution in [1.82, 2.24) is 10.3 Å². The standard InChI is InChI=1S/C11H12Cl2N2O4.C10H14N4O3/c12-5-1-6(11(19)7(13)2-5)8(3-10(17)18)15-9(16)4-14;1-17-3-2-12-10(11)14-8-4-7(6-15)5-13-9(8)16/h1-2,8,19H,3-4,14H2,(H,15,16)(H,17,18);4-6H,2-3H2,1H3,(H,13,16)(H3,11,12,14). The number of benzene rings is 1. The number of nitrogens with zero attached hydrogens (tertiary/aromatic N) is 1. The normalized spacial score (nSPS) is 11.6. The lowest BCUT2D eigenvalue weighted by Crippen LogP contribution is -2.34. The van der Waals surface area contributed by atoms with Crippen LogP contribution in [0.2, 0.25) is 10.0 Å². The van der Waals surface area contributed by atoms with Crippen LogP contribution in [-0.4, -0.2) is 66.1 Å². The molecule has 1 amide bonds. The van der Waals surface area contributed by atoms with Crippen molar-refractivity contribution in [2.24, 2.45) is 16.5 Å². The van der Waals surface area contributed by atoms with Gasteiger partial charge < -0.3 is 42.0 Å². The molecule has 1 aromatic heterocycles. The average Bonchev–Trinajstić information content (AvgIpc) is 2.82. The van der Waals surface area contributed by atoms with E-state index >= 15 is 0 Å². The molecule has 196 valence electrons. The zero-order valence-corrected chi connectivity index (χ0v) is 20.6. The Morgan fingerprint density at radius 2 is 2.00 bits per heavy atom. The number of aliphatic carboxylic acids is 1. The van der Waals surface area contributed by atoms with Gasteiger partial charge in [0.15, 0.2) is 12.2 Å². The van der Waals surface area contributed by atoms with Gasteiger partial charge in [0.25, 0.3) is 5.56 Å². The Balaban J connectivity index is 0.000000362. The number of aromatic hydroxyl groups is 1. The van der Waals surface area contributed by atoms with Crippen LogP contribution in [0.1, 0.15) is 28.4 Å². The quantitative estimate of drug-likeness (QED) is 0.0965. The van der Waals surface area contributed by atoms with Crippen LogP contribution in [0.3, 0.4) is 0 Å². The molecule has 1 heterocycles. The number of anilines is 1. The summed E-state index contributed by atoms with van der Waals surface area (Å²) in [6, 6.07) is 3.08. The van der Waals surface area contributed by atoms with Crippen molar-refractivity contribution in [2.75, 3.05) is 32.1 Å². The number of nitrogens with one attached hydrogen (secondary N) is 3. The van der Waals surface area contributed by atoms with E-state index in [1.54, 1.807) is 7.11 Å². The number of halogens is 2. The molecule has 0 aliphatic rings. The van der Waals surface area contributed by atoms with Gasteiger partial charge in [0.2, 0.25) is 5.91 Å². The third-order valence-electron chi connectivity index (χ3n) is 4.23. The number of aliphatic imine (C=N–C) groups is 1. The molecule has 36 heavy (non-hydrogen) atoms. The van der Waals surface area contributed by atoms with Crippen molar-refractivity contribution in [3.8, 4) is 5.75 Å². The number of amides is 1. The van der Waals surface area contributed by atoms with Crippen molar-refractivity contribution < 1.29 is 29.3 Å². The number of hydrogen-bond donors (Lipinski definition) is 7. The van der Waals surface area contributed by atoms with Crippen LogP contribution in [0.5, 0.6) is 5.75 Å². The van der Waals surface area contributed by atoms with Gasteiger partial charge in [0.1, 0.15) is 11.4 Å². The molecule has 0 saturated heterocycles. The minimum absolute atomic E-state index is 0.0279. The Bertz CT molecular complexity index is 1160. The minimum atomic E-state index is -1.15. The highest BCUT2D eigenvalue weighted by Gasteiger charge is 2.22. The van der Waals surface area contributed by atoms with E-state index in [1.165, 1.54) is 24.4 Å². The van der Waals surface area contributed by atoms with Crippen molar-refractivity contribution in [2.45, 2.75) is 12.5 Å². The first-order chi connectivity index (χ1) is 17.0. The maximum atomic E-state index is 11.4. The largest absolute Gasteiger partial charge is 0.506 e.